The molecular weight excluding hydrogens is 491 g/mol. The van der Waals surface area contributed by atoms with Crippen LogP contribution in [0.1, 0.15) is 11.1 Å². The van der Waals surface area contributed by atoms with Gasteiger partial charge in [-0.3, -0.25) is 19.9 Å². The number of nitrogens with zero attached hydrogens (tertiary/aromatic N) is 2. The molecule has 0 aromatic heterocycles. The number of carbonyl (C=O) groups excluding carboxylic acids is 2. The summed E-state index contributed by atoms with van der Waals surface area (Å²) in [6.45, 7) is 0.769. The van der Waals surface area contributed by atoms with Crippen molar-refractivity contribution in [2.24, 2.45) is 10.9 Å². The van der Waals surface area contributed by atoms with Crippen molar-refractivity contribution in [3.05, 3.63) is 64.7 Å². The quantitative estimate of drug-likeness (QED) is 0.529. The molecule has 2 atom stereocenters. The van der Waals surface area contributed by atoms with E-state index in [2.05, 4.69) is 21.2 Å². The first-order valence-electron chi connectivity index (χ1n) is 10.4. The number of nitrogens with one attached hydrogen (secondary N) is 3. The van der Waals surface area contributed by atoms with E-state index >= 15 is 0 Å². The molecule has 1 saturated heterocycles. The highest BCUT2D eigenvalue weighted by Crippen LogP contribution is 2.34. The van der Waals surface area contributed by atoms with Crippen molar-refractivity contribution in [1.29, 1.82) is 0 Å². The standard InChI is InChI=1S/C22H21ClF3N5O2S/c23-18-7-2-1-4-13(18)9-27-10-16(32)12-34-21-29-19-17(11-28-30-19)20(33)31(21)15-6-3-5-14(8-15)22(24,25)26/h1-8,17,19,27-28,30H,9-12H2. The van der Waals surface area contributed by atoms with Crippen molar-refractivity contribution in [2.45, 2.75) is 18.9 Å². The molecule has 3 N–H and O–H groups in total. The van der Waals surface area contributed by atoms with Crippen LogP contribution in [0, 0.1) is 5.92 Å². The van der Waals surface area contributed by atoms with Gasteiger partial charge in [0.15, 0.2) is 11.0 Å². The number of anilines is 1. The van der Waals surface area contributed by atoms with Crippen LogP contribution in [0.25, 0.3) is 0 Å². The molecule has 2 aliphatic heterocycles. The maximum atomic E-state index is 13.2. The first kappa shape index (κ1) is 24.7. The van der Waals surface area contributed by atoms with Gasteiger partial charge in [-0.15, -0.1) is 0 Å². The van der Waals surface area contributed by atoms with Crippen LogP contribution in [0.15, 0.2) is 53.5 Å². The summed E-state index contributed by atoms with van der Waals surface area (Å²) in [6, 6.07) is 11.8. The van der Waals surface area contributed by atoms with Crippen LogP contribution >= 0.6 is 23.4 Å². The summed E-state index contributed by atoms with van der Waals surface area (Å²) < 4.78 is 39.7. The molecule has 12 heteroatoms. The number of amidine groups is 1. The van der Waals surface area contributed by atoms with Crippen molar-refractivity contribution in [2.75, 3.05) is 23.7 Å². The normalized spacial score (nSPS) is 20.3. The smallest absolute Gasteiger partial charge is 0.306 e. The molecule has 2 heterocycles. The Labute approximate surface area is 203 Å². The molecule has 0 spiro atoms. The van der Waals surface area contributed by atoms with E-state index in [1.54, 1.807) is 6.07 Å². The third-order valence-electron chi connectivity index (χ3n) is 5.32. The Kier molecular flexibility index (Phi) is 7.58. The van der Waals surface area contributed by atoms with Crippen LogP contribution < -0.4 is 21.1 Å². The van der Waals surface area contributed by atoms with Crippen molar-refractivity contribution < 1.29 is 22.8 Å². The molecule has 1 fully saturated rings. The number of hydrogen-bond donors (Lipinski definition) is 3. The van der Waals surface area contributed by atoms with Gasteiger partial charge < -0.3 is 5.32 Å². The predicted molar refractivity (Wildman–Crippen MR) is 125 cm³/mol. The summed E-state index contributed by atoms with van der Waals surface area (Å²) in [7, 11) is 0. The number of fused-ring (bicyclic) bond motifs is 1. The number of ketones is 1. The van der Waals surface area contributed by atoms with Gasteiger partial charge in [0, 0.05) is 18.1 Å². The number of aliphatic imine (C=N–C) groups is 1. The van der Waals surface area contributed by atoms with Gasteiger partial charge in [-0.2, -0.15) is 13.2 Å². The lowest BCUT2D eigenvalue weighted by molar-refractivity contribution is -0.137. The minimum atomic E-state index is -4.55. The molecule has 7 nitrogen and oxygen atoms in total. The number of thioether (sulfide) groups is 1. The number of benzene rings is 2. The van der Waals surface area contributed by atoms with Gasteiger partial charge in [-0.1, -0.05) is 47.6 Å². The van der Waals surface area contributed by atoms with Gasteiger partial charge in [-0.25, -0.2) is 10.4 Å². The third kappa shape index (κ3) is 5.61. The second-order valence-corrected chi connectivity index (χ2v) is 9.08. The van der Waals surface area contributed by atoms with Gasteiger partial charge in [-0.05, 0) is 29.8 Å². The summed E-state index contributed by atoms with van der Waals surface area (Å²) in [6.07, 6.45) is -5.10. The van der Waals surface area contributed by atoms with Crippen LogP contribution in [0.2, 0.25) is 5.02 Å². The number of amides is 1. The summed E-state index contributed by atoms with van der Waals surface area (Å²) in [5.74, 6) is -1.12. The number of alkyl halides is 3. The molecule has 180 valence electrons. The van der Waals surface area contributed by atoms with Crippen LogP contribution in [0.3, 0.4) is 0 Å². The van der Waals surface area contributed by atoms with Gasteiger partial charge in [0.25, 0.3) is 0 Å². The Bertz CT molecular complexity index is 1110. The second-order valence-electron chi connectivity index (χ2n) is 7.73. The Morgan fingerprint density at radius 2 is 2.03 bits per heavy atom. The molecule has 2 unspecified atom stereocenters. The molecule has 0 radical (unpaired) electrons. The topological polar surface area (TPSA) is 85.8 Å². The molecule has 2 aromatic carbocycles. The van der Waals surface area contributed by atoms with E-state index in [4.69, 9.17) is 11.6 Å². The van der Waals surface area contributed by atoms with E-state index in [0.29, 0.717) is 18.1 Å². The van der Waals surface area contributed by atoms with Gasteiger partial charge in [0.05, 0.1) is 29.5 Å². The van der Waals surface area contributed by atoms with E-state index < -0.39 is 23.8 Å². The Morgan fingerprint density at radius 1 is 1.24 bits per heavy atom. The Morgan fingerprint density at radius 3 is 2.79 bits per heavy atom. The van der Waals surface area contributed by atoms with Crippen molar-refractivity contribution in [3.63, 3.8) is 0 Å². The van der Waals surface area contributed by atoms with Crippen molar-refractivity contribution in [3.8, 4) is 0 Å². The highest BCUT2D eigenvalue weighted by molar-refractivity contribution is 8.14. The second kappa shape index (κ2) is 10.4. The first-order valence-corrected chi connectivity index (χ1v) is 11.8. The zero-order valence-corrected chi connectivity index (χ0v) is 19.3. The van der Waals surface area contributed by atoms with Crippen LogP contribution in [-0.2, 0) is 22.3 Å². The van der Waals surface area contributed by atoms with E-state index in [1.165, 1.54) is 17.0 Å². The number of Topliss-reactive ketones (excluding diaryl/α,β-unsaturated/α-hetero) is 1. The zero-order chi connectivity index (χ0) is 24.3. The monoisotopic (exact) mass is 511 g/mol. The predicted octanol–water partition coefficient (Wildman–Crippen LogP) is 3.20. The number of carbonyl (C=O) groups is 2. The summed E-state index contributed by atoms with van der Waals surface area (Å²) in [4.78, 5) is 31.3. The molecular formula is C22H21ClF3N5O2S. The summed E-state index contributed by atoms with van der Waals surface area (Å²) >= 11 is 7.12. The Balaban J connectivity index is 1.45. The molecule has 34 heavy (non-hydrogen) atoms. The summed E-state index contributed by atoms with van der Waals surface area (Å²) in [5, 5.41) is 3.79. The minimum Gasteiger partial charge on any atom is -0.306 e. The Hall–Kier alpha value is -2.44. The average molecular weight is 512 g/mol. The molecule has 2 aromatic rings. The molecule has 2 aliphatic rings. The first-order chi connectivity index (χ1) is 16.2. The van der Waals surface area contributed by atoms with Gasteiger partial charge in [0.2, 0.25) is 5.91 Å². The lowest BCUT2D eigenvalue weighted by Gasteiger charge is -2.32. The van der Waals surface area contributed by atoms with Crippen molar-refractivity contribution in [1.82, 2.24) is 16.2 Å². The lowest BCUT2D eigenvalue weighted by atomic mass is 10.0. The van der Waals surface area contributed by atoms with Crippen LogP contribution in [-0.4, -0.2) is 41.9 Å². The van der Waals surface area contributed by atoms with Gasteiger partial charge >= 0.3 is 6.18 Å². The van der Waals surface area contributed by atoms with E-state index in [0.717, 1.165) is 29.5 Å². The van der Waals surface area contributed by atoms with E-state index in [9.17, 15) is 22.8 Å². The van der Waals surface area contributed by atoms with Crippen LogP contribution in [0.4, 0.5) is 18.9 Å². The number of hydrogen-bond acceptors (Lipinski definition) is 7. The fourth-order valence-electron chi connectivity index (χ4n) is 3.60. The van der Waals surface area contributed by atoms with Crippen molar-refractivity contribution >= 4 is 45.9 Å². The SMILES string of the molecule is O=C(CNCc1ccccc1Cl)CSC1=NC2NNCC2C(=O)N1c1cccc(C(F)(F)F)c1. The largest absolute Gasteiger partial charge is 0.416 e. The highest BCUT2D eigenvalue weighted by Gasteiger charge is 2.43. The lowest BCUT2D eigenvalue weighted by Crippen LogP contribution is -2.49. The minimum absolute atomic E-state index is 0.0120. The number of halogens is 4. The molecule has 0 aliphatic carbocycles. The van der Waals surface area contributed by atoms with Crippen LogP contribution in [0.5, 0.6) is 0 Å². The maximum Gasteiger partial charge on any atom is 0.416 e. The molecule has 0 saturated carbocycles. The zero-order valence-electron chi connectivity index (χ0n) is 17.7. The molecule has 0 bridgehead atoms. The van der Waals surface area contributed by atoms with E-state index in [1.807, 2.05) is 18.2 Å². The van der Waals surface area contributed by atoms with Gasteiger partial charge in [0.1, 0.15) is 6.17 Å². The number of hydrazine groups is 1. The fraction of sp³-hybridized carbons (Fsp3) is 0.318. The fourth-order valence-corrected chi connectivity index (χ4v) is 4.71. The highest BCUT2D eigenvalue weighted by atomic mass is 35.5. The summed E-state index contributed by atoms with van der Waals surface area (Å²) in [5.41, 5.74) is 5.78. The number of rotatable bonds is 7. The maximum absolute atomic E-state index is 13.2. The van der Waals surface area contributed by atoms with E-state index in [-0.39, 0.29) is 34.8 Å². The molecule has 4 rings (SSSR count). The third-order valence-corrected chi connectivity index (χ3v) is 6.70. The average Bonchev–Trinajstić information content (AvgIpc) is 3.28. The molecule has 1 amide bonds.